The van der Waals surface area contributed by atoms with Crippen LogP contribution in [0.4, 0.5) is 5.69 Å². The van der Waals surface area contributed by atoms with Crippen molar-refractivity contribution in [3.05, 3.63) is 34.4 Å². The van der Waals surface area contributed by atoms with Gasteiger partial charge in [0, 0.05) is 25.7 Å². The molecule has 1 rings (SSSR count). The van der Waals surface area contributed by atoms with Crippen LogP contribution in [0.2, 0.25) is 0 Å². The summed E-state index contributed by atoms with van der Waals surface area (Å²) in [6.45, 7) is 6.19. The zero-order valence-corrected chi connectivity index (χ0v) is 12.3. The van der Waals surface area contributed by atoms with E-state index in [1.807, 2.05) is 20.8 Å². The zero-order valence-electron chi connectivity index (χ0n) is 11.5. The van der Waals surface area contributed by atoms with Crippen LogP contribution in [0, 0.1) is 15.5 Å². The largest absolute Gasteiger partial charge is 0.269 e. The van der Waals surface area contributed by atoms with Gasteiger partial charge in [-0.2, -0.15) is 0 Å². The van der Waals surface area contributed by atoms with Crippen molar-refractivity contribution in [3.8, 4) is 0 Å². The molecule has 0 saturated carbocycles. The topological polar surface area (TPSA) is 80.5 Å². The van der Waals surface area contributed by atoms with E-state index in [1.165, 1.54) is 35.6 Å². The number of non-ortho nitro benzene ring substituents is 1. The lowest BCUT2D eigenvalue weighted by atomic mass is 9.97. The molecule has 0 bridgehead atoms. The van der Waals surface area contributed by atoms with Gasteiger partial charge in [-0.25, -0.2) is 12.7 Å². The van der Waals surface area contributed by atoms with Crippen LogP contribution in [-0.2, 0) is 10.0 Å². The van der Waals surface area contributed by atoms with Gasteiger partial charge in [-0.05, 0) is 17.5 Å². The predicted molar refractivity (Wildman–Crippen MR) is 72.4 cm³/mol. The van der Waals surface area contributed by atoms with Gasteiger partial charge >= 0.3 is 0 Å². The van der Waals surface area contributed by atoms with Crippen LogP contribution in [0.3, 0.4) is 0 Å². The molecular formula is C12H18N2O4S. The molecule has 0 amide bonds. The van der Waals surface area contributed by atoms with Gasteiger partial charge in [0.2, 0.25) is 10.0 Å². The molecular weight excluding hydrogens is 268 g/mol. The van der Waals surface area contributed by atoms with Crippen LogP contribution in [-0.4, -0.2) is 31.2 Å². The molecule has 0 aliphatic carbocycles. The zero-order chi connectivity index (χ0) is 14.8. The lowest BCUT2D eigenvalue weighted by Gasteiger charge is -2.26. The Bertz CT molecular complexity index is 558. The lowest BCUT2D eigenvalue weighted by Crippen LogP contribution is -2.34. The molecule has 0 N–H and O–H groups in total. The predicted octanol–water partition coefficient (Wildman–Crippen LogP) is 2.26. The second-order valence-corrected chi connectivity index (χ2v) is 7.62. The fourth-order valence-corrected chi connectivity index (χ4v) is 3.07. The molecule has 0 spiro atoms. The summed E-state index contributed by atoms with van der Waals surface area (Å²) in [4.78, 5) is 10.0. The highest BCUT2D eigenvalue weighted by atomic mass is 32.2. The van der Waals surface area contributed by atoms with Crippen molar-refractivity contribution in [2.24, 2.45) is 5.41 Å². The van der Waals surface area contributed by atoms with E-state index < -0.39 is 14.9 Å². The molecule has 0 unspecified atom stereocenters. The minimum absolute atomic E-state index is 0.0600. The molecule has 1 aromatic carbocycles. The maximum Gasteiger partial charge on any atom is 0.269 e. The lowest BCUT2D eigenvalue weighted by molar-refractivity contribution is -0.384. The van der Waals surface area contributed by atoms with Gasteiger partial charge in [0.05, 0.1) is 9.82 Å². The number of hydrogen-bond donors (Lipinski definition) is 0. The molecule has 0 atom stereocenters. The first-order valence-electron chi connectivity index (χ1n) is 5.75. The Labute approximate surface area is 113 Å². The number of rotatable bonds is 4. The Hall–Kier alpha value is -1.47. The van der Waals surface area contributed by atoms with Crippen molar-refractivity contribution in [2.75, 3.05) is 13.6 Å². The summed E-state index contributed by atoms with van der Waals surface area (Å²) in [7, 11) is -2.10. The number of nitro groups is 1. The van der Waals surface area contributed by atoms with Crippen molar-refractivity contribution in [2.45, 2.75) is 25.7 Å². The summed E-state index contributed by atoms with van der Waals surface area (Å²) in [6.07, 6.45) is 0. The monoisotopic (exact) mass is 286 g/mol. The summed E-state index contributed by atoms with van der Waals surface area (Å²) in [5.74, 6) is 0. The second-order valence-electron chi connectivity index (χ2n) is 5.57. The number of benzene rings is 1. The Morgan fingerprint density at radius 1 is 1.21 bits per heavy atom. The van der Waals surface area contributed by atoms with Gasteiger partial charge in [0.1, 0.15) is 0 Å². The summed E-state index contributed by atoms with van der Waals surface area (Å²) in [5.41, 5.74) is -0.291. The van der Waals surface area contributed by atoms with Crippen LogP contribution in [0.1, 0.15) is 20.8 Å². The van der Waals surface area contributed by atoms with Gasteiger partial charge in [-0.3, -0.25) is 10.1 Å². The van der Waals surface area contributed by atoms with Crippen LogP contribution in [0.5, 0.6) is 0 Å². The number of nitrogens with zero attached hydrogens (tertiary/aromatic N) is 2. The van der Waals surface area contributed by atoms with Crippen molar-refractivity contribution in [3.63, 3.8) is 0 Å². The smallest absolute Gasteiger partial charge is 0.258 e. The molecule has 7 heteroatoms. The van der Waals surface area contributed by atoms with Gasteiger partial charge in [0.25, 0.3) is 5.69 Å². The maximum absolute atomic E-state index is 12.2. The molecule has 0 aliphatic heterocycles. The first kappa shape index (κ1) is 15.6. The highest BCUT2D eigenvalue weighted by Crippen LogP contribution is 2.22. The highest BCUT2D eigenvalue weighted by Gasteiger charge is 2.25. The first-order valence-corrected chi connectivity index (χ1v) is 7.19. The highest BCUT2D eigenvalue weighted by molar-refractivity contribution is 7.89. The minimum atomic E-state index is -3.60. The van der Waals surface area contributed by atoms with E-state index in [0.717, 1.165) is 0 Å². The van der Waals surface area contributed by atoms with E-state index >= 15 is 0 Å². The maximum atomic E-state index is 12.2. The molecule has 0 aliphatic rings. The molecule has 0 fully saturated rings. The third-order valence-electron chi connectivity index (χ3n) is 2.45. The van der Waals surface area contributed by atoms with Gasteiger partial charge in [-0.1, -0.05) is 20.8 Å². The average Bonchev–Trinajstić information content (AvgIpc) is 2.26. The van der Waals surface area contributed by atoms with Crippen molar-refractivity contribution >= 4 is 15.7 Å². The molecule has 0 saturated heterocycles. The Morgan fingerprint density at radius 3 is 2.05 bits per heavy atom. The Morgan fingerprint density at radius 2 is 1.68 bits per heavy atom. The minimum Gasteiger partial charge on any atom is -0.258 e. The molecule has 6 nitrogen and oxygen atoms in total. The van der Waals surface area contributed by atoms with Gasteiger partial charge < -0.3 is 0 Å². The number of hydrogen-bond acceptors (Lipinski definition) is 4. The van der Waals surface area contributed by atoms with E-state index in [0.29, 0.717) is 6.54 Å². The summed E-state index contributed by atoms with van der Waals surface area (Å²) in [5, 5.41) is 10.5. The van der Waals surface area contributed by atoms with E-state index in [2.05, 4.69) is 0 Å². The Kier molecular flexibility index (Phi) is 4.32. The summed E-state index contributed by atoms with van der Waals surface area (Å²) < 4.78 is 25.8. The van der Waals surface area contributed by atoms with E-state index in [4.69, 9.17) is 0 Å². The van der Waals surface area contributed by atoms with E-state index in [9.17, 15) is 18.5 Å². The van der Waals surface area contributed by atoms with Crippen molar-refractivity contribution in [1.82, 2.24) is 4.31 Å². The van der Waals surface area contributed by atoms with E-state index in [-0.39, 0.29) is 16.0 Å². The average molecular weight is 286 g/mol. The normalized spacial score (nSPS) is 12.7. The quantitative estimate of drug-likeness (QED) is 0.628. The fourth-order valence-electron chi connectivity index (χ4n) is 1.67. The molecule has 19 heavy (non-hydrogen) atoms. The molecule has 1 aromatic rings. The third-order valence-corrected chi connectivity index (χ3v) is 4.27. The van der Waals surface area contributed by atoms with Crippen molar-refractivity contribution in [1.29, 1.82) is 0 Å². The van der Waals surface area contributed by atoms with Crippen LogP contribution >= 0.6 is 0 Å². The molecule has 0 heterocycles. The standard InChI is InChI=1S/C12H18N2O4S/c1-12(2,3)9-13(4)19(17,18)11-7-5-10(6-8-11)14(15)16/h5-8H,9H2,1-4H3. The van der Waals surface area contributed by atoms with Crippen molar-refractivity contribution < 1.29 is 13.3 Å². The molecule has 106 valence electrons. The molecule has 0 radical (unpaired) electrons. The summed E-state index contributed by atoms with van der Waals surface area (Å²) in [6, 6.07) is 4.90. The van der Waals surface area contributed by atoms with Gasteiger partial charge in [-0.15, -0.1) is 0 Å². The summed E-state index contributed by atoms with van der Waals surface area (Å²) >= 11 is 0. The van der Waals surface area contributed by atoms with Crippen LogP contribution in [0.15, 0.2) is 29.2 Å². The van der Waals surface area contributed by atoms with E-state index in [1.54, 1.807) is 0 Å². The third kappa shape index (κ3) is 4.00. The fraction of sp³-hybridized carbons (Fsp3) is 0.500. The number of sulfonamides is 1. The Balaban J connectivity index is 3.03. The van der Waals surface area contributed by atoms with Gasteiger partial charge in [0.15, 0.2) is 0 Å². The second kappa shape index (κ2) is 5.26. The number of nitro benzene ring substituents is 1. The molecule has 0 aromatic heterocycles. The van der Waals surface area contributed by atoms with Crippen LogP contribution in [0.25, 0.3) is 0 Å². The first-order chi connectivity index (χ1) is 8.54. The SMILES string of the molecule is CN(CC(C)(C)C)S(=O)(=O)c1ccc([N+](=O)[O-])cc1. The van der Waals surface area contributed by atoms with Crippen LogP contribution < -0.4 is 0 Å².